The molecule has 0 heterocycles. The minimum atomic E-state index is -0.0158. The SMILES string of the molecule is CCN(CC)C(C)(CC)C(N)c1ccc(OC)cc1. The third-order valence-electron chi connectivity index (χ3n) is 4.35. The Morgan fingerprint density at radius 3 is 2.05 bits per heavy atom. The Morgan fingerprint density at radius 1 is 1.16 bits per heavy atom. The Morgan fingerprint density at radius 2 is 1.68 bits per heavy atom. The first kappa shape index (κ1) is 16.0. The number of rotatable bonds is 7. The van der Waals surface area contributed by atoms with Crippen molar-refractivity contribution < 1.29 is 4.74 Å². The summed E-state index contributed by atoms with van der Waals surface area (Å²) in [5, 5.41) is 0. The molecule has 0 radical (unpaired) electrons. The van der Waals surface area contributed by atoms with Gasteiger partial charge in [-0.3, -0.25) is 4.90 Å². The van der Waals surface area contributed by atoms with E-state index in [2.05, 4.69) is 44.7 Å². The summed E-state index contributed by atoms with van der Waals surface area (Å²) in [4.78, 5) is 2.45. The van der Waals surface area contributed by atoms with Crippen LogP contribution in [-0.2, 0) is 0 Å². The molecule has 1 aromatic rings. The van der Waals surface area contributed by atoms with E-state index in [0.717, 1.165) is 30.8 Å². The summed E-state index contributed by atoms with van der Waals surface area (Å²) in [5.74, 6) is 0.872. The predicted octanol–water partition coefficient (Wildman–Crippen LogP) is 3.21. The summed E-state index contributed by atoms with van der Waals surface area (Å²) in [5.41, 5.74) is 7.69. The van der Waals surface area contributed by atoms with Crippen LogP contribution in [0, 0.1) is 0 Å². The lowest BCUT2D eigenvalue weighted by atomic mass is 9.83. The summed E-state index contributed by atoms with van der Waals surface area (Å²) in [6.07, 6.45) is 1.03. The van der Waals surface area contributed by atoms with Gasteiger partial charge in [0.25, 0.3) is 0 Å². The second-order valence-electron chi connectivity index (χ2n) is 5.13. The predicted molar refractivity (Wildman–Crippen MR) is 81.5 cm³/mol. The van der Waals surface area contributed by atoms with Crippen molar-refractivity contribution in [3.05, 3.63) is 29.8 Å². The lowest BCUT2D eigenvalue weighted by Gasteiger charge is -2.44. The molecule has 0 aliphatic heterocycles. The van der Waals surface area contributed by atoms with Crippen molar-refractivity contribution in [2.75, 3.05) is 20.2 Å². The van der Waals surface area contributed by atoms with E-state index >= 15 is 0 Å². The first-order valence-electron chi connectivity index (χ1n) is 7.18. The van der Waals surface area contributed by atoms with Crippen molar-refractivity contribution in [2.24, 2.45) is 5.73 Å². The number of ether oxygens (including phenoxy) is 1. The summed E-state index contributed by atoms with van der Waals surface area (Å²) in [6.45, 7) is 10.9. The summed E-state index contributed by atoms with van der Waals surface area (Å²) >= 11 is 0. The van der Waals surface area contributed by atoms with Crippen molar-refractivity contribution in [2.45, 2.75) is 45.7 Å². The number of nitrogens with zero attached hydrogens (tertiary/aromatic N) is 1. The van der Waals surface area contributed by atoms with Gasteiger partial charge in [-0.15, -0.1) is 0 Å². The number of hydrogen-bond acceptors (Lipinski definition) is 3. The minimum Gasteiger partial charge on any atom is -0.497 e. The van der Waals surface area contributed by atoms with Gasteiger partial charge in [-0.25, -0.2) is 0 Å². The molecule has 0 aliphatic carbocycles. The van der Waals surface area contributed by atoms with Gasteiger partial charge in [0.1, 0.15) is 5.75 Å². The molecule has 0 bridgehead atoms. The molecule has 3 nitrogen and oxygen atoms in total. The molecule has 0 saturated carbocycles. The van der Waals surface area contributed by atoms with Crippen molar-refractivity contribution in [3.8, 4) is 5.75 Å². The number of likely N-dealkylation sites (N-methyl/N-ethyl adjacent to an activating group) is 1. The van der Waals surface area contributed by atoms with Gasteiger partial charge < -0.3 is 10.5 Å². The quantitative estimate of drug-likeness (QED) is 0.822. The third-order valence-corrected chi connectivity index (χ3v) is 4.35. The van der Waals surface area contributed by atoms with Crippen LogP contribution in [0.2, 0.25) is 0 Å². The zero-order chi connectivity index (χ0) is 14.5. The lowest BCUT2D eigenvalue weighted by Crippen LogP contribution is -2.52. The molecule has 0 fully saturated rings. The van der Waals surface area contributed by atoms with Crippen molar-refractivity contribution in [3.63, 3.8) is 0 Å². The highest BCUT2D eigenvalue weighted by Crippen LogP contribution is 2.32. The number of nitrogens with two attached hydrogens (primary N) is 1. The third kappa shape index (κ3) is 3.28. The maximum absolute atomic E-state index is 6.55. The number of hydrogen-bond donors (Lipinski definition) is 1. The van der Waals surface area contributed by atoms with Crippen molar-refractivity contribution in [1.29, 1.82) is 0 Å². The largest absolute Gasteiger partial charge is 0.497 e. The van der Waals surface area contributed by atoms with Crippen molar-refractivity contribution >= 4 is 0 Å². The van der Waals surface area contributed by atoms with E-state index in [1.54, 1.807) is 7.11 Å². The Hall–Kier alpha value is -1.06. The van der Waals surface area contributed by atoms with Gasteiger partial charge in [0.15, 0.2) is 0 Å². The fourth-order valence-corrected chi connectivity index (χ4v) is 2.76. The van der Waals surface area contributed by atoms with E-state index in [-0.39, 0.29) is 11.6 Å². The first-order chi connectivity index (χ1) is 9.03. The number of methoxy groups -OCH3 is 1. The van der Waals surface area contributed by atoms with Gasteiger partial charge >= 0.3 is 0 Å². The maximum atomic E-state index is 6.55. The molecule has 0 aliphatic rings. The fraction of sp³-hybridized carbons (Fsp3) is 0.625. The molecule has 108 valence electrons. The molecule has 0 spiro atoms. The minimum absolute atomic E-state index is 0.00306. The van der Waals surface area contributed by atoms with Crippen LogP contribution in [0.4, 0.5) is 0 Å². The molecule has 2 atom stereocenters. The highest BCUT2D eigenvalue weighted by Gasteiger charge is 2.35. The molecule has 2 N–H and O–H groups in total. The molecule has 19 heavy (non-hydrogen) atoms. The second-order valence-corrected chi connectivity index (χ2v) is 5.13. The van der Waals surface area contributed by atoms with E-state index in [1.807, 2.05) is 12.1 Å². The van der Waals surface area contributed by atoms with E-state index < -0.39 is 0 Å². The average molecular weight is 264 g/mol. The molecule has 1 rings (SSSR count). The summed E-state index contributed by atoms with van der Waals surface area (Å²) < 4.78 is 5.20. The Balaban J connectivity index is 3.02. The monoisotopic (exact) mass is 264 g/mol. The first-order valence-corrected chi connectivity index (χ1v) is 7.18. The van der Waals surface area contributed by atoms with Gasteiger partial charge in [0, 0.05) is 11.6 Å². The van der Waals surface area contributed by atoms with Crippen LogP contribution in [0.5, 0.6) is 5.75 Å². The topological polar surface area (TPSA) is 38.5 Å². The maximum Gasteiger partial charge on any atom is 0.118 e. The Labute approximate surface area is 117 Å². The van der Waals surface area contributed by atoms with E-state index in [1.165, 1.54) is 0 Å². The standard InChI is InChI=1S/C16H28N2O/c1-6-16(4,18(7-2)8-3)15(17)13-9-11-14(19-5)12-10-13/h9-12,15H,6-8,17H2,1-5H3. The molecule has 0 aromatic heterocycles. The summed E-state index contributed by atoms with van der Waals surface area (Å²) in [6, 6.07) is 8.10. The zero-order valence-corrected chi connectivity index (χ0v) is 12.9. The molecular formula is C16H28N2O. The lowest BCUT2D eigenvalue weighted by molar-refractivity contribution is 0.0844. The zero-order valence-electron chi connectivity index (χ0n) is 12.9. The Kier molecular flexibility index (Phi) is 5.83. The molecule has 0 amide bonds. The molecule has 0 saturated heterocycles. The highest BCUT2D eigenvalue weighted by molar-refractivity contribution is 5.30. The second kappa shape index (κ2) is 6.92. The van der Waals surface area contributed by atoms with Gasteiger partial charge in [0.2, 0.25) is 0 Å². The van der Waals surface area contributed by atoms with E-state index in [4.69, 9.17) is 10.5 Å². The van der Waals surface area contributed by atoms with Crippen LogP contribution in [0.25, 0.3) is 0 Å². The molecular weight excluding hydrogens is 236 g/mol. The average Bonchev–Trinajstić information content (AvgIpc) is 2.47. The van der Waals surface area contributed by atoms with Crippen molar-refractivity contribution in [1.82, 2.24) is 4.90 Å². The van der Waals surface area contributed by atoms with Crippen LogP contribution in [0.3, 0.4) is 0 Å². The smallest absolute Gasteiger partial charge is 0.118 e. The molecule has 2 unspecified atom stereocenters. The normalized spacial score (nSPS) is 16.2. The van der Waals surface area contributed by atoms with Crippen LogP contribution in [0.1, 0.15) is 45.7 Å². The highest BCUT2D eigenvalue weighted by atomic mass is 16.5. The van der Waals surface area contributed by atoms with Crippen LogP contribution < -0.4 is 10.5 Å². The van der Waals surface area contributed by atoms with Crippen LogP contribution in [-0.4, -0.2) is 30.6 Å². The fourth-order valence-electron chi connectivity index (χ4n) is 2.76. The van der Waals surface area contributed by atoms with Crippen LogP contribution >= 0.6 is 0 Å². The number of benzene rings is 1. The summed E-state index contributed by atoms with van der Waals surface area (Å²) in [7, 11) is 1.68. The van der Waals surface area contributed by atoms with E-state index in [9.17, 15) is 0 Å². The Bertz CT molecular complexity index is 373. The van der Waals surface area contributed by atoms with Gasteiger partial charge in [-0.1, -0.05) is 32.9 Å². The van der Waals surface area contributed by atoms with E-state index in [0.29, 0.717) is 0 Å². The van der Waals surface area contributed by atoms with Crippen LogP contribution in [0.15, 0.2) is 24.3 Å². The molecule has 1 aromatic carbocycles. The van der Waals surface area contributed by atoms with Gasteiger partial charge in [-0.05, 0) is 44.1 Å². The van der Waals surface area contributed by atoms with Gasteiger partial charge in [0.05, 0.1) is 7.11 Å². The molecule has 3 heteroatoms. The van der Waals surface area contributed by atoms with Gasteiger partial charge in [-0.2, -0.15) is 0 Å².